The number of halogens is 1. The molecule has 0 radical (unpaired) electrons. The van der Waals surface area contributed by atoms with Gasteiger partial charge in [-0.25, -0.2) is 0 Å². The molecule has 90 valence electrons. The summed E-state index contributed by atoms with van der Waals surface area (Å²) in [5.41, 5.74) is 0.107. The normalized spacial score (nSPS) is 11.3. The lowest BCUT2D eigenvalue weighted by atomic mass is 10.1. The highest BCUT2D eigenvalue weighted by atomic mass is 35.5. The summed E-state index contributed by atoms with van der Waals surface area (Å²) in [7, 11) is 0. The largest absolute Gasteiger partial charge is 0.288 e. The van der Waals surface area contributed by atoms with Crippen molar-refractivity contribution in [2.75, 3.05) is 0 Å². The Hall–Kier alpha value is -1.95. The van der Waals surface area contributed by atoms with Crippen LogP contribution in [0.15, 0.2) is 23.9 Å². The number of nitro groups is 2. The van der Waals surface area contributed by atoms with Gasteiger partial charge in [0.25, 0.3) is 5.69 Å². The van der Waals surface area contributed by atoms with Crippen molar-refractivity contribution in [2.45, 2.75) is 13.3 Å². The van der Waals surface area contributed by atoms with E-state index in [-0.39, 0.29) is 22.8 Å². The van der Waals surface area contributed by atoms with E-state index in [0.29, 0.717) is 5.56 Å². The third kappa shape index (κ3) is 3.25. The minimum absolute atomic E-state index is 0.00583. The number of hydrogen-bond donors (Lipinski definition) is 0. The molecule has 0 fully saturated rings. The average molecular weight is 257 g/mol. The van der Waals surface area contributed by atoms with Gasteiger partial charge in [0.1, 0.15) is 5.02 Å². The van der Waals surface area contributed by atoms with E-state index in [2.05, 4.69) is 0 Å². The van der Waals surface area contributed by atoms with Gasteiger partial charge in [0.2, 0.25) is 5.70 Å². The molecule has 7 heteroatoms. The Kier molecular flexibility index (Phi) is 4.17. The lowest BCUT2D eigenvalue weighted by Crippen LogP contribution is -1.97. The molecule has 0 amide bonds. The summed E-state index contributed by atoms with van der Waals surface area (Å²) in [6, 6.07) is 4.05. The predicted octanol–water partition coefficient (Wildman–Crippen LogP) is 3.28. The minimum atomic E-state index is -0.628. The van der Waals surface area contributed by atoms with Gasteiger partial charge in [0, 0.05) is 18.6 Å². The maximum Gasteiger partial charge on any atom is 0.288 e. The highest BCUT2D eigenvalue weighted by Gasteiger charge is 2.14. The van der Waals surface area contributed by atoms with Crippen LogP contribution >= 0.6 is 11.6 Å². The van der Waals surface area contributed by atoms with E-state index in [1.54, 1.807) is 6.92 Å². The van der Waals surface area contributed by atoms with E-state index in [9.17, 15) is 20.2 Å². The van der Waals surface area contributed by atoms with Crippen molar-refractivity contribution in [1.29, 1.82) is 0 Å². The summed E-state index contributed by atoms with van der Waals surface area (Å²) < 4.78 is 0. The quantitative estimate of drug-likeness (QED) is 0.611. The summed E-state index contributed by atoms with van der Waals surface area (Å²) in [4.78, 5) is 20.1. The fourth-order valence-corrected chi connectivity index (χ4v) is 1.42. The van der Waals surface area contributed by atoms with Gasteiger partial charge in [-0.05, 0) is 11.6 Å². The van der Waals surface area contributed by atoms with Crippen molar-refractivity contribution in [2.24, 2.45) is 0 Å². The average Bonchev–Trinajstić information content (AvgIpc) is 2.27. The summed E-state index contributed by atoms with van der Waals surface area (Å²) in [5.74, 6) is 0. The van der Waals surface area contributed by atoms with Gasteiger partial charge >= 0.3 is 0 Å². The zero-order chi connectivity index (χ0) is 13.0. The Morgan fingerprint density at radius 3 is 2.53 bits per heavy atom. The van der Waals surface area contributed by atoms with E-state index in [1.165, 1.54) is 24.3 Å². The number of nitrogens with zero attached hydrogens (tertiary/aromatic N) is 2. The molecular formula is C10H9ClN2O4. The second-order valence-electron chi connectivity index (χ2n) is 3.21. The van der Waals surface area contributed by atoms with Crippen LogP contribution in [0.4, 0.5) is 5.69 Å². The first-order valence-electron chi connectivity index (χ1n) is 4.74. The molecule has 1 aromatic carbocycles. The Morgan fingerprint density at radius 1 is 1.41 bits per heavy atom. The predicted molar refractivity (Wildman–Crippen MR) is 63.4 cm³/mol. The smallest absolute Gasteiger partial charge is 0.259 e. The molecule has 0 aromatic heterocycles. The second kappa shape index (κ2) is 5.40. The minimum Gasteiger partial charge on any atom is -0.259 e. The van der Waals surface area contributed by atoms with Gasteiger partial charge in [-0.15, -0.1) is 0 Å². The number of nitro benzene ring substituents is 1. The Bertz CT molecular complexity index is 499. The molecular weight excluding hydrogens is 248 g/mol. The molecule has 0 saturated carbocycles. The molecule has 0 aliphatic heterocycles. The van der Waals surface area contributed by atoms with Crippen LogP contribution in [-0.4, -0.2) is 9.85 Å². The molecule has 17 heavy (non-hydrogen) atoms. The van der Waals surface area contributed by atoms with Crippen LogP contribution in [0.3, 0.4) is 0 Å². The van der Waals surface area contributed by atoms with Gasteiger partial charge < -0.3 is 0 Å². The zero-order valence-corrected chi connectivity index (χ0v) is 9.68. The van der Waals surface area contributed by atoms with Gasteiger partial charge in [0.15, 0.2) is 0 Å². The molecule has 0 aliphatic rings. The van der Waals surface area contributed by atoms with Gasteiger partial charge in [-0.1, -0.05) is 24.6 Å². The highest BCUT2D eigenvalue weighted by molar-refractivity contribution is 6.32. The topological polar surface area (TPSA) is 86.3 Å². The molecule has 0 atom stereocenters. The lowest BCUT2D eigenvalue weighted by molar-refractivity contribution is -0.425. The Balaban J connectivity index is 3.20. The van der Waals surface area contributed by atoms with E-state index in [0.717, 1.165) is 0 Å². The van der Waals surface area contributed by atoms with Gasteiger partial charge in [-0.2, -0.15) is 0 Å². The second-order valence-corrected chi connectivity index (χ2v) is 3.62. The number of allylic oxidation sites excluding steroid dienone is 1. The van der Waals surface area contributed by atoms with Crippen LogP contribution in [0, 0.1) is 20.2 Å². The molecule has 0 bridgehead atoms. The van der Waals surface area contributed by atoms with E-state index in [1.807, 2.05) is 0 Å². The highest BCUT2D eigenvalue weighted by Crippen LogP contribution is 2.26. The summed E-state index contributed by atoms with van der Waals surface area (Å²) in [6.45, 7) is 1.64. The van der Waals surface area contributed by atoms with Crippen LogP contribution < -0.4 is 0 Å². The van der Waals surface area contributed by atoms with Gasteiger partial charge in [0.05, 0.1) is 9.85 Å². The standard InChI is InChI=1S/C10H9ClN2O4/c1-2-8(12(14)15)5-7-3-4-9(11)10(6-7)13(16)17/h3-6H,2H2,1H3/b8-5+. The maximum atomic E-state index is 10.6. The molecule has 0 saturated heterocycles. The molecule has 0 spiro atoms. The third-order valence-corrected chi connectivity index (χ3v) is 2.42. The summed E-state index contributed by atoms with van der Waals surface area (Å²) in [6.07, 6.45) is 1.53. The van der Waals surface area contributed by atoms with Gasteiger partial charge in [-0.3, -0.25) is 20.2 Å². The van der Waals surface area contributed by atoms with Crippen molar-refractivity contribution in [3.63, 3.8) is 0 Å². The zero-order valence-electron chi connectivity index (χ0n) is 8.92. The molecule has 6 nitrogen and oxygen atoms in total. The summed E-state index contributed by atoms with van der Waals surface area (Å²) in [5, 5.41) is 21.2. The Labute approximate surface area is 102 Å². The van der Waals surface area contributed by atoms with E-state index in [4.69, 9.17) is 11.6 Å². The molecule has 1 aromatic rings. The first kappa shape index (κ1) is 13.1. The van der Waals surface area contributed by atoms with Crippen LogP contribution in [0.25, 0.3) is 6.08 Å². The third-order valence-electron chi connectivity index (χ3n) is 2.10. The molecule has 0 aliphatic carbocycles. The molecule has 0 N–H and O–H groups in total. The number of rotatable bonds is 4. The van der Waals surface area contributed by atoms with Crippen molar-refractivity contribution in [3.05, 3.63) is 54.7 Å². The molecule has 0 unspecified atom stereocenters. The van der Waals surface area contributed by atoms with Crippen molar-refractivity contribution in [1.82, 2.24) is 0 Å². The SMILES string of the molecule is CC/C(=C\c1ccc(Cl)c([N+](=O)[O-])c1)[N+](=O)[O-]. The van der Waals surface area contributed by atoms with E-state index >= 15 is 0 Å². The van der Waals surface area contributed by atoms with Crippen LogP contribution in [0.1, 0.15) is 18.9 Å². The first-order chi connectivity index (χ1) is 7.95. The number of benzene rings is 1. The Morgan fingerprint density at radius 2 is 2.06 bits per heavy atom. The maximum absolute atomic E-state index is 10.6. The fraction of sp³-hybridized carbons (Fsp3) is 0.200. The van der Waals surface area contributed by atoms with Crippen molar-refractivity contribution >= 4 is 23.4 Å². The van der Waals surface area contributed by atoms with Crippen molar-refractivity contribution in [3.8, 4) is 0 Å². The van der Waals surface area contributed by atoms with Crippen LogP contribution in [-0.2, 0) is 0 Å². The first-order valence-corrected chi connectivity index (χ1v) is 5.12. The van der Waals surface area contributed by atoms with E-state index < -0.39 is 9.85 Å². The van der Waals surface area contributed by atoms with Crippen LogP contribution in [0.5, 0.6) is 0 Å². The van der Waals surface area contributed by atoms with Crippen molar-refractivity contribution < 1.29 is 9.85 Å². The van der Waals surface area contributed by atoms with Crippen LogP contribution in [0.2, 0.25) is 5.02 Å². The molecule has 1 rings (SSSR count). The number of hydrogen-bond acceptors (Lipinski definition) is 4. The fourth-order valence-electron chi connectivity index (χ4n) is 1.24. The lowest BCUT2D eigenvalue weighted by Gasteiger charge is -1.98. The summed E-state index contributed by atoms with van der Waals surface area (Å²) >= 11 is 5.63. The monoisotopic (exact) mass is 256 g/mol. The molecule has 0 heterocycles.